The summed E-state index contributed by atoms with van der Waals surface area (Å²) >= 11 is 0. The van der Waals surface area contributed by atoms with Crippen LogP contribution in [-0.2, 0) is 25.5 Å². The Hall–Kier alpha value is -3.49. The Kier molecular flexibility index (Phi) is 8.55. The van der Waals surface area contributed by atoms with Crippen LogP contribution in [0.4, 0.5) is 14.5 Å². The minimum Gasteiger partial charge on any atom is -0.456 e. The highest BCUT2D eigenvalue weighted by molar-refractivity contribution is 5.92. The molecule has 0 radical (unpaired) electrons. The average molecular weight is 406 g/mol. The molecule has 2 aromatic carbocycles. The van der Waals surface area contributed by atoms with Gasteiger partial charge in [0, 0.05) is 12.2 Å². The molecule has 0 heterocycles. The largest absolute Gasteiger partial charge is 0.456 e. The number of nitrogens with one attached hydrogen (secondary N) is 2. The van der Waals surface area contributed by atoms with Crippen molar-refractivity contribution in [2.45, 2.75) is 19.5 Å². The van der Waals surface area contributed by atoms with Crippen molar-refractivity contribution in [1.82, 2.24) is 5.32 Å². The maximum absolute atomic E-state index is 12.1. The van der Waals surface area contributed by atoms with E-state index in [-0.39, 0.29) is 31.0 Å². The van der Waals surface area contributed by atoms with Gasteiger partial charge in [0.05, 0.1) is 12.8 Å². The average Bonchev–Trinajstić information content (AvgIpc) is 2.68. The Morgan fingerprint density at radius 3 is 2.28 bits per heavy atom. The summed E-state index contributed by atoms with van der Waals surface area (Å²) < 4.78 is 33.2. The molecular weight excluding hydrogens is 386 g/mol. The highest BCUT2D eigenvalue weighted by Crippen LogP contribution is 2.17. The Bertz CT molecular complexity index is 813. The molecule has 0 spiro atoms. The molecule has 0 fully saturated rings. The van der Waals surface area contributed by atoms with Gasteiger partial charge < -0.3 is 20.1 Å². The van der Waals surface area contributed by atoms with E-state index in [1.165, 1.54) is 24.3 Å². The fraction of sp³-hybridized carbons (Fsp3) is 0.250. The van der Waals surface area contributed by atoms with E-state index in [2.05, 4.69) is 15.4 Å². The van der Waals surface area contributed by atoms with Crippen LogP contribution < -0.4 is 15.4 Å². The van der Waals surface area contributed by atoms with Crippen LogP contribution in [0.15, 0.2) is 54.6 Å². The van der Waals surface area contributed by atoms with Crippen molar-refractivity contribution in [2.75, 3.05) is 18.5 Å². The van der Waals surface area contributed by atoms with Gasteiger partial charge in [0.2, 0.25) is 5.91 Å². The second-order valence-electron chi connectivity index (χ2n) is 5.87. The summed E-state index contributed by atoms with van der Waals surface area (Å²) in [5.41, 5.74) is 1.19. The van der Waals surface area contributed by atoms with E-state index in [1.54, 1.807) is 0 Å². The molecule has 0 unspecified atom stereocenters. The molecule has 2 aromatic rings. The van der Waals surface area contributed by atoms with Gasteiger partial charge in [-0.15, -0.1) is 0 Å². The summed E-state index contributed by atoms with van der Waals surface area (Å²) in [6, 6.07) is 14.5. The number of halogens is 2. The number of benzene rings is 2. The number of hydrogen-bond acceptors (Lipinski definition) is 5. The molecule has 2 amide bonds. The van der Waals surface area contributed by atoms with Crippen LogP contribution in [0, 0.1) is 0 Å². The zero-order valence-corrected chi connectivity index (χ0v) is 15.4. The topological polar surface area (TPSA) is 93.7 Å². The first-order valence-electron chi connectivity index (χ1n) is 8.73. The molecule has 9 heteroatoms. The third-order valence-corrected chi connectivity index (χ3v) is 3.59. The van der Waals surface area contributed by atoms with Crippen LogP contribution in [0.5, 0.6) is 5.75 Å². The molecule has 0 atom stereocenters. The Morgan fingerprint density at radius 2 is 1.62 bits per heavy atom. The third-order valence-electron chi connectivity index (χ3n) is 3.59. The normalized spacial score (nSPS) is 10.3. The number of ether oxygens (including phenoxy) is 2. The summed E-state index contributed by atoms with van der Waals surface area (Å²) in [5, 5.41) is 5.05. The molecule has 0 saturated heterocycles. The van der Waals surface area contributed by atoms with Crippen molar-refractivity contribution in [3.05, 3.63) is 60.2 Å². The van der Waals surface area contributed by atoms with Crippen molar-refractivity contribution < 1.29 is 32.6 Å². The van der Waals surface area contributed by atoms with Crippen LogP contribution in [-0.4, -0.2) is 37.5 Å². The number of amides is 2. The van der Waals surface area contributed by atoms with Crippen molar-refractivity contribution in [2.24, 2.45) is 0 Å². The molecule has 0 bridgehead atoms. The fourth-order valence-electron chi connectivity index (χ4n) is 2.28. The van der Waals surface area contributed by atoms with Gasteiger partial charge in [0.15, 0.2) is 6.61 Å². The maximum atomic E-state index is 12.1. The van der Waals surface area contributed by atoms with Crippen LogP contribution >= 0.6 is 0 Å². The number of hydrogen-bond donors (Lipinski definition) is 2. The maximum Gasteiger partial charge on any atom is 0.387 e. The molecule has 29 heavy (non-hydrogen) atoms. The lowest BCUT2D eigenvalue weighted by Crippen LogP contribution is -2.28. The molecule has 154 valence electrons. The number of esters is 1. The standard InChI is InChI=1S/C20H20F2N2O5/c21-20(22)29-16-8-6-15(7-9-16)24-18(26)13-28-19(27)10-11-23-17(25)12-14-4-2-1-3-5-14/h1-9,20H,10-13H2,(H,23,25)(H,24,26). The molecule has 0 aromatic heterocycles. The lowest BCUT2D eigenvalue weighted by Gasteiger charge is -2.08. The second kappa shape index (κ2) is 11.4. The van der Waals surface area contributed by atoms with Gasteiger partial charge >= 0.3 is 12.6 Å². The minimum atomic E-state index is -2.93. The van der Waals surface area contributed by atoms with E-state index >= 15 is 0 Å². The molecular formula is C20H20F2N2O5. The Balaban J connectivity index is 1.61. The minimum absolute atomic E-state index is 0.0428. The van der Waals surface area contributed by atoms with Gasteiger partial charge in [-0.1, -0.05) is 30.3 Å². The molecule has 0 aliphatic heterocycles. The summed E-state index contributed by atoms with van der Waals surface area (Å²) in [6.45, 7) is -3.35. The van der Waals surface area contributed by atoms with Crippen molar-refractivity contribution >= 4 is 23.5 Å². The number of anilines is 1. The fourth-order valence-corrected chi connectivity index (χ4v) is 2.28. The van der Waals surface area contributed by atoms with Crippen LogP contribution in [0.1, 0.15) is 12.0 Å². The van der Waals surface area contributed by atoms with Crippen LogP contribution in [0.25, 0.3) is 0 Å². The smallest absolute Gasteiger partial charge is 0.387 e. The SMILES string of the molecule is O=C(Cc1ccccc1)NCCC(=O)OCC(=O)Nc1ccc(OC(F)F)cc1. The van der Waals surface area contributed by atoms with Crippen molar-refractivity contribution in [1.29, 1.82) is 0 Å². The van der Waals surface area contributed by atoms with Gasteiger partial charge in [-0.2, -0.15) is 8.78 Å². The predicted molar refractivity (Wildman–Crippen MR) is 100 cm³/mol. The van der Waals surface area contributed by atoms with Gasteiger partial charge in [0.25, 0.3) is 5.91 Å². The molecule has 0 aliphatic carbocycles. The Labute approximate surface area is 166 Å². The number of rotatable bonds is 10. The van der Waals surface area contributed by atoms with E-state index < -0.39 is 25.1 Å². The second-order valence-corrected chi connectivity index (χ2v) is 5.87. The lowest BCUT2D eigenvalue weighted by molar-refractivity contribution is -0.147. The zero-order valence-electron chi connectivity index (χ0n) is 15.4. The zero-order chi connectivity index (χ0) is 21.1. The summed E-state index contributed by atoms with van der Waals surface area (Å²) in [7, 11) is 0. The molecule has 0 aliphatic rings. The summed E-state index contributed by atoms with van der Waals surface area (Å²) in [4.78, 5) is 35.2. The number of carbonyl (C=O) groups is 3. The van der Waals surface area contributed by atoms with Crippen molar-refractivity contribution in [3.8, 4) is 5.75 Å². The first-order chi connectivity index (χ1) is 13.9. The third kappa shape index (κ3) is 8.83. The number of carbonyl (C=O) groups excluding carboxylic acids is 3. The van der Waals surface area contributed by atoms with Gasteiger partial charge in [-0.05, 0) is 29.8 Å². The highest BCUT2D eigenvalue weighted by Gasteiger charge is 2.10. The van der Waals surface area contributed by atoms with Crippen LogP contribution in [0.2, 0.25) is 0 Å². The van der Waals surface area contributed by atoms with E-state index in [4.69, 9.17) is 4.74 Å². The van der Waals surface area contributed by atoms with E-state index in [9.17, 15) is 23.2 Å². The molecule has 0 saturated carbocycles. The number of alkyl halides is 2. The summed E-state index contributed by atoms with van der Waals surface area (Å²) in [6.07, 6.45) is 0.132. The van der Waals surface area contributed by atoms with Crippen LogP contribution in [0.3, 0.4) is 0 Å². The van der Waals surface area contributed by atoms with E-state index in [0.29, 0.717) is 5.69 Å². The highest BCUT2D eigenvalue weighted by atomic mass is 19.3. The molecule has 2 N–H and O–H groups in total. The predicted octanol–water partition coefficient (Wildman–Crippen LogP) is 2.52. The first kappa shape index (κ1) is 21.8. The molecule has 2 rings (SSSR count). The van der Waals surface area contributed by atoms with Gasteiger partial charge in [-0.25, -0.2) is 0 Å². The lowest BCUT2D eigenvalue weighted by atomic mass is 10.1. The van der Waals surface area contributed by atoms with Gasteiger partial charge in [-0.3, -0.25) is 14.4 Å². The Morgan fingerprint density at radius 1 is 0.931 bits per heavy atom. The van der Waals surface area contributed by atoms with Gasteiger partial charge in [0.1, 0.15) is 5.75 Å². The first-order valence-corrected chi connectivity index (χ1v) is 8.73. The molecule has 7 nitrogen and oxygen atoms in total. The quantitative estimate of drug-likeness (QED) is 0.592. The van der Waals surface area contributed by atoms with E-state index in [0.717, 1.165) is 5.56 Å². The monoisotopic (exact) mass is 406 g/mol. The summed E-state index contributed by atoms with van der Waals surface area (Å²) in [5.74, 6) is -1.49. The van der Waals surface area contributed by atoms with Crippen molar-refractivity contribution in [3.63, 3.8) is 0 Å². The van der Waals surface area contributed by atoms with E-state index in [1.807, 2.05) is 30.3 Å².